The number of carbonyl (C=O) groups is 1. The SMILES string of the molecule is CN(c1cnc(C(=O)O)cn1)S(C)(=O)=O. The van der Waals surface area contributed by atoms with Crippen molar-refractivity contribution in [3.05, 3.63) is 18.1 Å². The van der Waals surface area contributed by atoms with Gasteiger partial charge in [-0.05, 0) is 0 Å². The number of rotatable bonds is 3. The highest BCUT2D eigenvalue weighted by Crippen LogP contribution is 2.09. The average molecular weight is 231 g/mol. The van der Waals surface area contributed by atoms with Gasteiger partial charge in [0.2, 0.25) is 10.0 Å². The number of sulfonamides is 1. The Kier molecular flexibility index (Phi) is 2.89. The van der Waals surface area contributed by atoms with E-state index in [1.54, 1.807) is 0 Å². The van der Waals surface area contributed by atoms with Gasteiger partial charge in [-0.1, -0.05) is 0 Å². The van der Waals surface area contributed by atoms with E-state index in [1.165, 1.54) is 7.05 Å². The van der Waals surface area contributed by atoms with Crippen molar-refractivity contribution in [1.82, 2.24) is 9.97 Å². The van der Waals surface area contributed by atoms with Gasteiger partial charge in [-0.3, -0.25) is 4.31 Å². The molecule has 0 radical (unpaired) electrons. The summed E-state index contributed by atoms with van der Waals surface area (Å²) < 4.78 is 23.1. The summed E-state index contributed by atoms with van der Waals surface area (Å²) >= 11 is 0. The predicted octanol–water partition coefficient (Wildman–Crippen LogP) is -0.429. The van der Waals surface area contributed by atoms with Crippen molar-refractivity contribution >= 4 is 21.8 Å². The molecular weight excluding hydrogens is 222 g/mol. The lowest BCUT2D eigenvalue weighted by Crippen LogP contribution is -2.26. The number of carboxylic acid groups (broad SMARTS) is 1. The molecule has 0 atom stereocenters. The highest BCUT2D eigenvalue weighted by atomic mass is 32.2. The molecule has 7 nitrogen and oxygen atoms in total. The highest BCUT2D eigenvalue weighted by Gasteiger charge is 2.14. The van der Waals surface area contributed by atoms with Crippen LogP contribution >= 0.6 is 0 Å². The van der Waals surface area contributed by atoms with E-state index in [2.05, 4.69) is 9.97 Å². The quantitative estimate of drug-likeness (QED) is 0.757. The Hall–Kier alpha value is -1.70. The molecule has 0 unspecified atom stereocenters. The van der Waals surface area contributed by atoms with Gasteiger partial charge in [-0.2, -0.15) is 0 Å². The van der Waals surface area contributed by atoms with Crippen LogP contribution in [0, 0.1) is 0 Å². The van der Waals surface area contributed by atoms with Crippen LogP contribution in [0.25, 0.3) is 0 Å². The smallest absolute Gasteiger partial charge is 0.356 e. The van der Waals surface area contributed by atoms with Gasteiger partial charge in [0.15, 0.2) is 11.5 Å². The fourth-order valence-corrected chi connectivity index (χ4v) is 1.20. The summed E-state index contributed by atoms with van der Waals surface area (Å²) in [5.41, 5.74) is -0.236. The molecule has 15 heavy (non-hydrogen) atoms. The minimum atomic E-state index is -3.41. The molecule has 1 heterocycles. The van der Waals surface area contributed by atoms with E-state index in [4.69, 9.17) is 5.11 Å². The maximum atomic E-state index is 11.1. The van der Waals surface area contributed by atoms with Crippen molar-refractivity contribution < 1.29 is 18.3 Å². The van der Waals surface area contributed by atoms with Crippen LogP contribution in [-0.4, -0.2) is 42.8 Å². The molecule has 0 saturated carbocycles. The van der Waals surface area contributed by atoms with Crippen molar-refractivity contribution in [3.8, 4) is 0 Å². The molecule has 1 aromatic heterocycles. The second-order valence-corrected chi connectivity index (χ2v) is 4.81. The third-order valence-corrected chi connectivity index (χ3v) is 2.86. The van der Waals surface area contributed by atoms with E-state index in [0.29, 0.717) is 0 Å². The first-order valence-electron chi connectivity index (χ1n) is 3.81. The predicted molar refractivity (Wildman–Crippen MR) is 52.2 cm³/mol. The summed E-state index contributed by atoms with van der Waals surface area (Å²) in [6, 6.07) is 0. The molecular formula is C7H9N3O4S. The van der Waals surface area contributed by atoms with E-state index >= 15 is 0 Å². The maximum Gasteiger partial charge on any atom is 0.356 e. The van der Waals surface area contributed by atoms with Crippen LogP contribution in [0.4, 0.5) is 5.82 Å². The van der Waals surface area contributed by atoms with Crippen molar-refractivity contribution in [2.24, 2.45) is 0 Å². The van der Waals surface area contributed by atoms with Crippen LogP contribution in [0.1, 0.15) is 10.5 Å². The van der Waals surface area contributed by atoms with Gasteiger partial charge in [0.25, 0.3) is 0 Å². The van der Waals surface area contributed by atoms with Gasteiger partial charge >= 0.3 is 5.97 Å². The zero-order chi connectivity index (χ0) is 11.6. The summed E-state index contributed by atoms with van der Waals surface area (Å²) in [6.45, 7) is 0. The standard InChI is InChI=1S/C7H9N3O4S/c1-10(15(2,13)14)6-4-8-5(3-9-6)7(11)12/h3-4H,1-2H3,(H,11,12). The molecule has 1 N–H and O–H groups in total. The molecule has 0 aromatic carbocycles. The van der Waals surface area contributed by atoms with Crippen LogP contribution in [0.3, 0.4) is 0 Å². The topological polar surface area (TPSA) is 100 Å². The fourth-order valence-electron chi connectivity index (χ4n) is 0.764. The van der Waals surface area contributed by atoms with Gasteiger partial charge in [0.05, 0.1) is 18.6 Å². The second kappa shape index (κ2) is 3.81. The van der Waals surface area contributed by atoms with E-state index in [1.807, 2.05) is 0 Å². The summed E-state index contributed by atoms with van der Waals surface area (Å²) in [7, 11) is -2.10. The molecule has 0 aliphatic rings. The molecule has 0 bridgehead atoms. The number of anilines is 1. The van der Waals surface area contributed by atoms with Crippen LogP contribution in [-0.2, 0) is 10.0 Å². The van der Waals surface area contributed by atoms with Crippen molar-refractivity contribution in [3.63, 3.8) is 0 Å². The molecule has 0 saturated heterocycles. The van der Waals surface area contributed by atoms with Gasteiger partial charge in [-0.15, -0.1) is 0 Å². The first-order valence-corrected chi connectivity index (χ1v) is 5.66. The Labute approximate surface area is 86.4 Å². The lowest BCUT2D eigenvalue weighted by molar-refractivity contribution is 0.0690. The molecule has 0 spiro atoms. The number of aromatic nitrogens is 2. The summed E-state index contributed by atoms with van der Waals surface area (Å²) in [5, 5.41) is 8.54. The Morgan fingerprint density at radius 2 is 2.00 bits per heavy atom. The van der Waals surface area contributed by atoms with Crippen LogP contribution in [0.15, 0.2) is 12.4 Å². The Balaban J connectivity index is 3.05. The molecule has 0 aliphatic heterocycles. The van der Waals surface area contributed by atoms with E-state index in [0.717, 1.165) is 23.0 Å². The van der Waals surface area contributed by atoms with Crippen LogP contribution in [0.2, 0.25) is 0 Å². The van der Waals surface area contributed by atoms with Crippen molar-refractivity contribution in [2.45, 2.75) is 0 Å². The number of carboxylic acids is 1. The first-order chi connectivity index (χ1) is 6.82. The third kappa shape index (κ3) is 2.62. The zero-order valence-corrected chi connectivity index (χ0v) is 8.89. The van der Waals surface area contributed by atoms with Gasteiger partial charge in [0.1, 0.15) is 0 Å². The summed E-state index contributed by atoms with van der Waals surface area (Å²) in [4.78, 5) is 17.7. The molecule has 1 aromatic rings. The van der Waals surface area contributed by atoms with Gasteiger partial charge < -0.3 is 5.11 Å². The Morgan fingerprint density at radius 1 is 1.40 bits per heavy atom. The minimum Gasteiger partial charge on any atom is -0.476 e. The minimum absolute atomic E-state index is 0.0718. The van der Waals surface area contributed by atoms with Crippen LogP contribution < -0.4 is 4.31 Å². The molecule has 0 aliphatic carbocycles. The fraction of sp³-hybridized carbons (Fsp3) is 0.286. The molecule has 0 amide bonds. The third-order valence-electron chi connectivity index (χ3n) is 1.68. The summed E-state index contributed by atoms with van der Waals surface area (Å²) in [5.74, 6) is -1.14. The van der Waals surface area contributed by atoms with Crippen molar-refractivity contribution in [2.75, 3.05) is 17.6 Å². The molecule has 8 heteroatoms. The number of nitrogens with zero attached hydrogens (tertiary/aromatic N) is 3. The van der Waals surface area contributed by atoms with Crippen LogP contribution in [0.5, 0.6) is 0 Å². The normalized spacial score (nSPS) is 11.1. The largest absolute Gasteiger partial charge is 0.476 e. The first kappa shape index (κ1) is 11.4. The number of hydrogen-bond acceptors (Lipinski definition) is 5. The van der Waals surface area contributed by atoms with Crippen molar-refractivity contribution in [1.29, 1.82) is 0 Å². The molecule has 0 fully saturated rings. The second-order valence-electron chi connectivity index (χ2n) is 2.80. The maximum absolute atomic E-state index is 11.1. The van der Waals surface area contributed by atoms with Gasteiger partial charge in [-0.25, -0.2) is 23.2 Å². The zero-order valence-electron chi connectivity index (χ0n) is 8.08. The monoisotopic (exact) mass is 231 g/mol. The Morgan fingerprint density at radius 3 is 2.33 bits per heavy atom. The molecule has 1 rings (SSSR count). The van der Waals surface area contributed by atoms with E-state index in [-0.39, 0.29) is 11.5 Å². The number of hydrogen-bond donors (Lipinski definition) is 1. The van der Waals surface area contributed by atoms with Gasteiger partial charge in [0, 0.05) is 7.05 Å². The average Bonchev–Trinajstić information content (AvgIpc) is 2.15. The lowest BCUT2D eigenvalue weighted by atomic mass is 10.4. The van der Waals surface area contributed by atoms with E-state index in [9.17, 15) is 13.2 Å². The Bertz CT molecular complexity index is 468. The van der Waals surface area contributed by atoms with E-state index < -0.39 is 16.0 Å². The molecule has 82 valence electrons. The highest BCUT2D eigenvalue weighted by molar-refractivity contribution is 7.92. The summed E-state index contributed by atoms with van der Waals surface area (Å²) in [6.07, 6.45) is 3.10. The lowest BCUT2D eigenvalue weighted by Gasteiger charge is -2.14. The number of aromatic carboxylic acids is 1.